The second-order valence-corrected chi connectivity index (χ2v) is 8.81. The van der Waals surface area contributed by atoms with Gasteiger partial charge in [-0.05, 0) is 74.8 Å². The molecule has 1 aliphatic heterocycles. The van der Waals surface area contributed by atoms with E-state index in [9.17, 15) is 9.18 Å². The zero-order valence-corrected chi connectivity index (χ0v) is 16.6. The molecule has 2 heterocycles. The number of carbonyl (C=O) groups is 1. The molecule has 2 atom stereocenters. The summed E-state index contributed by atoms with van der Waals surface area (Å²) in [6.45, 7) is 6.99. The van der Waals surface area contributed by atoms with Crippen molar-refractivity contribution in [2.75, 3.05) is 13.1 Å². The zero-order valence-electron chi connectivity index (χ0n) is 16.6. The van der Waals surface area contributed by atoms with Crippen LogP contribution in [0, 0.1) is 17.7 Å². The second-order valence-electron chi connectivity index (χ2n) is 8.81. The number of nitrogens with zero attached hydrogens (tertiary/aromatic N) is 3. The Balaban J connectivity index is 1.55. The molecule has 4 rings (SSSR count). The van der Waals surface area contributed by atoms with Gasteiger partial charge in [0.15, 0.2) is 0 Å². The molecule has 1 aromatic heterocycles. The van der Waals surface area contributed by atoms with Crippen molar-refractivity contribution in [3.63, 3.8) is 0 Å². The smallest absolute Gasteiger partial charge is 0.410 e. The van der Waals surface area contributed by atoms with Gasteiger partial charge in [-0.25, -0.2) is 14.2 Å². The van der Waals surface area contributed by atoms with Crippen molar-refractivity contribution in [3.05, 3.63) is 54.4 Å². The Kier molecular flexibility index (Phi) is 4.73. The molecule has 0 N–H and O–H groups in total. The van der Waals surface area contributed by atoms with E-state index >= 15 is 0 Å². The number of allylic oxidation sites excluding steroid dienone is 1. The van der Waals surface area contributed by atoms with E-state index in [4.69, 9.17) is 4.74 Å². The molecular weight excluding hydrogens is 357 g/mol. The first-order valence-corrected chi connectivity index (χ1v) is 9.75. The molecule has 0 spiro atoms. The van der Waals surface area contributed by atoms with Crippen molar-refractivity contribution in [1.29, 1.82) is 0 Å². The molecule has 6 heteroatoms. The summed E-state index contributed by atoms with van der Waals surface area (Å²) in [5.74, 6) is 0.384. The lowest BCUT2D eigenvalue weighted by Crippen LogP contribution is -2.46. The van der Waals surface area contributed by atoms with Crippen LogP contribution in [0.15, 0.2) is 43.0 Å². The third kappa shape index (κ3) is 4.11. The van der Waals surface area contributed by atoms with Gasteiger partial charge in [-0.3, -0.25) is 0 Å². The number of amides is 1. The highest BCUT2D eigenvalue weighted by molar-refractivity contribution is 5.71. The number of piperidine rings is 1. The average molecular weight is 383 g/mol. The normalized spacial score (nSPS) is 22.0. The summed E-state index contributed by atoms with van der Waals surface area (Å²) in [6.07, 6.45) is 9.02. The molecule has 5 nitrogen and oxygen atoms in total. The van der Waals surface area contributed by atoms with Crippen LogP contribution in [0.25, 0.3) is 11.3 Å². The predicted molar refractivity (Wildman–Crippen MR) is 106 cm³/mol. The van der Waals surface area contributed by atoms with Crippen molar-refractivity contribution in [1.82, 2.24) is 14.5 Å². The summed E-state index contributed by atoms with van der Waals surface area (Å²) in [5.41, 5.74) is 2.34. The van der Waals surface area contributed by atoms with Crippen LogP contribution in [0.4, 0.5) is 9.18 Å². The molecule has 1 saturated heterocycles. The Bertz CT molecular complexity index is 899. The van der Waals surface area contributed by atoms with E-state index in [1.54, 1.807) is 29.4 Å². The maximum absolute atomic E-state index is 14.3. The minimum atomic E-state index is -0.490. The number of imidazole rings is 1. The topological polar surface area (TPSA) is 47.4 Å². The van der Waals surface area contributed by atoms with E-state index in [1.807, 2.05) is 31.7 Å². The fourth-order valence-electron chi connectivity index (χ4n) is 4.19. The summed E-state index contributed by atoms with van der Waals surface area (Å²) in [5, 5.41) is 0. The molecule has 2 aromatic rings. The van der Waals surface area contributed by atoms with E-state index < -0.39 is 5.60 Å². The van der Waals surface area contributed by atoms with Crippen LogP contribution in [0.5, 0.6) is 0 Å². The molecular formula is C22H26FN3O2. The minimum absolute atomic E-state index is 0.243. The Hall–Kier alpha value is -2.63. The number of halogens is 1. The van der Waals surface area contributed by atoms with Crippen molar-refractivity contribution >= 4 is 11.7 Å². The van der Waals surface area contributed by atoms with Crippen molar-refractivity contribution in [3.8, 4) is 5.69 Å². The molecule has 28 heavy (non-hydrogen) atoms. The summed E-state index contributed by atoms with van der Waals surface area (Å²) in [6, 6.07) is 5.11. The monoisotopic (exact) mass is 383 g/mol. The van der Waals surface area contributed by atoms with Gasteiger partial charge in [-0.15, -0.1) is 0 Å². The number of rotatable bonds is 2. The predicted octanol–water partition coefficient (Wildman–Crippen LogP) is 4.67. The summed E-state index contributed by atoms with van der Waals surface area (Å²) in [4.78, 5) is 18.3. The van der Waals surface area contributed by atoms with Crippen molar-refractivity contribution in [2.24, 2.45) is 11.8 Å². The summed E-state index contributed by atoms with van der Waals surface area (Å²) >= 11 is 0. The van der Waals surface area contributed by atoms with Crippen LogP contribution >= 0.6 is 0 Å². The third-order valence-corrected chi connectivity index (χ3v) is 5.22. The molecule has 0 saturated carbocycles. The SMILES string of the molecule is CC(C)(C)OC(=O)N1CC2C=C(c3cc(F)cc(-n4ccnc4)c3)CC(C2)C1. The molecule has 1 amide bonds. The van der Waals surface area contributed by atoms with Crippen LogP contribution < -0.4 is 0 Å². The first-order chi connectivity index (χ1) is 13.3. The van der Waals surface area contributed by atoms with E-state index in [1.165, 1.54) is 6.07 Å². The first-order valence-electron chi connectivity index (χ1n) is 9.75. The average Bonchev–Trinajstić information content (AvgIpc) is 3.13. The number of hydrogen-bond acceptors (Lipinski definition) is 3. The van der Waals surface area contributed by atoms with E-state index in [2.05, 4.69) is 11.1 Å². The highest BCUT2D eigenvalue weighted by Gasteiger charge is 2.35. The van der Waals surface area contributed by atoms with Crippen molar-refractivity contribution < 1.29 is 13.9 Å². The fourth-order valence-corrected chi connectivity index (χ4v) is 4.19. The molecule has 2 aliphatic rings. The van der Waals surface area contributed by atoms with Gasteiger partial charge in [-0.2, -0.15) is 0 Å². The lowest BCUT2D eigenvalue weighted by molar-refractivity contribution is 0.0121. The number of ether oxygens (including phenoxy) is 1. The summed E-state index contributed by atoms with van der Waals surface area (Å²) in [7, 11) is 0. The van der Waals surface area contributed by atoms with E-state index in [-0.39, 0.29) is 17.8 Å². The lowest BCUT2D eigenvalue weighted by atomic mass is 9.77. The van der Waals surface area contributed by atoms with Crippen LogP contribution in [0.2, 0.25) is 0 Å². The van der Waals surface area contributed by atoms with E-state index in [0.717, 1.165) is 29.7 Å². The second kappa shape index (κ2) is 7.08. The number of carbonyl (C=O) groups excluding carboxylic acids is 1. The largest absolute Gasteiger partial charge is 0.444 e. The lowest BCUT2D eigenvalue weighted by Gasteiger charge is -2.40. The van der Waals surface area contributed by atoms with Crippen LogP contribution in [0.1, 0.15) is 39.2 Å². The quantitative estimate of drug-likeness (QED) is 0.757. The molecule has 2 bridgehead atoms. The van der Waals surface area contributed by atoms with Crippen LogP contribution in [0.3, 0.4) is 0 Å². The fraction of sp³-hybridized carbons (Fsp3) is 0.455. The van der Waals surface area contributed by atoms with Crippen molar-refractivity contribution in [2.45, 2.75) is 39.2 Å². The number of aromatic nitrogens is 2. The Labute approximate surface area is 164 Å². The zero-order chi connectivity index (χ0) is 19.9. The van der Waals surface area contributed by atoms with Gasteiger partial charge in [0.05, 0.1) is 6.33 Å². The summed E-state index contributed by atoms with van der Waals surface area (Å²) < 4.78 is 21.6. The van der Waals surface area contributed by atoms with Gasteiger partial charge >= 0.3 is 6.09 Å². The molecule has 2 unspecified atom stereocenters. The minimum Gasteiger partial charge on any atom is -0.444 e. The first kappa shape index (κ1) is 18.7. The van der Waals surface area contributed by atoms with E-state index in [0.29, 0.717) is 19.0 Å². The number of fused-ring (bicyclic) bond motifs is 2. The maximum atomic E-state index is 14.3. The highest BCUT2D eigenvalue weighted by Crippen LogP contribution is 2.38. The standard InChI is InChI=1S/C22H26FN3O2/c1-22(2,3)28-21(27)26-12-15-6-16(13-26)8-17(7-15)18-9-19(23)11-20(10-18)25-5-4-24-14-25/h4-5,7,9-11,14-16H,6,8,12-13H2,1-3H3. The van der Waals surface area contributed by atoms with Crippen LogP contribution in [-0.2, 0) is 4.74 Å². The van der Waals surface area contributed by atoms with Gasteiger partial charge in [-0.1, -0.05) is 6.08 Å². The van der Waals surface area contributed by atoms with Gasteiger partial charge in [0.2, 0.25) is 0 Å². The number of likely N-dealkylation sites (tertiary alicyclic amines) is 1. The van der Waals surface area contributed by atoms with Crippen LogP contribution in [-0.4, -0.2) is 39.2 Å². The van der Waals surface area contributed by atoms with Gasteiger partial charge in [0.1, 0.15) is 11.4 Å². The van der Waals surface area contributed by atoms with Gasteiger partial charge in [0.25, 0.3) is 0 Å². The van der Waals surface area contributed by atoms with Gasteiger partial charge < -0.3 is 14.2 Å². The maximum Gasteiger partial charge on any atom is 0.410 e. The molecule has 148 valence electrons. The molecule has 1 aromatic carbocycles. The Morgan fingerprint density at radius 3 is 2.75 bits per heavy atom. The molecule has 0 radical (unpaired) electrons. The number of benzene rings is 1. The Morgan fingerprint density at radius 2 is 2.07 bits per heavy atom. The third-order valence-electron chi connectivity index (χ3n) is 5.22. The van der Waals surface area contributed by atoms with Gasteiger partial charge in [0, 0.05) is 31.2 Å². The Morgan fingerprint density at radius 1 is 1.25 bits per heavy atom. The molecule has 1 aliphatic carbocycles. The number of hydrogen-bond donors (Lipinski definition) is 0. The molecule has 1 fully saturated rings. The highest BCUT2D eigenvalue weighted by atomic mass is 19.1.